The topological polar surface area (TPSA) is 79.8 Å². The van der Waals surface area contributed by atoms with Crippen LogP contribution in [0.4, 0.5) is 5.95 Å². The number of likely N-dealkylation sites (N-methyl/N-ethyl adjacent to an activating group) is 1. The van der Waals surface area contributed by atoms with E-state index in [9.17, 15) is 4.79 Å². The number of nitrogens with one attached hydrogen (secondary N) is 2. The molecule has 70 valence electrons. The molecule has 6 nitrogen and oxygen atoms in total. The van der Waals surface area contributed by atoms with Crippen molar-refractivity contribution in [1.82, 2.24) is 20.5 Å². The van der Waals surface area contributed by atoms with Crippen LogP contribution >= 0.6 is 0 Å². The molecule has 0 bridgehead atoms. The van der Waals surface area contributed by atoms with Crippen LogP contribution in [0.5, 0.6) is 0 Å². The van der Waals surface area contributed by atoms with E-state index >= 15 is 0 Å². The quantitative estimate of drug-likeness (QED) is 0.649. The minimum absolute atomic E-state index is 0.171. The maximum Gasteiger partial charge on any atom is 0.249 e. The second-order valence-electron chi connectivity index (χ2n) is 2.29. The van der Waals surface area contributed by atoms with Crippen molar-refractivity contribution in [2.24, 2.45) is 0 Å². The van der Waals surface area contributed by atoms with Crippen molar-refractivity contribution in [3.8, 4) is 0 Å². The summed E-state index contributed by atoms with van der Waals surface area (Å²) < 4.78 is 0. The molecule has 0 unspecified atom stereocenters. The number of nitrogens with zero attached hydrogens (tertiary/aromatic N) is 3. The molecule has 1 aromatic heterocycles. The van der Waals surface area contributed by atoms with Gasteiger partial charge in [-0.3, -0.25) is 10.1 Å². The van der Waals surface area contributed by atoms with Crippen LogP contribution in [0.2, 0.25) is 0 Å². The first kappa shape index (κ1) is 9.53. The molecular formula is C7H11N5O. The molecule has 1 amide bonds. The molecule has 0 aliphatic heterocycles. The van der Waals surface area contributed by atoms with Gasteiger partial charge in [-0.1, -0.05) is 6.92 Å². The lowest BCUT2D eigenvalue weighted by Gasteiger charge is -2.01. The number of amides is 1. The molecule has 1 rings (SSSR count). The Bertz CT molecular complexity index is 263. The molecule has 0 aliphatic carbocycles. The second-order valence-corrected chi connectivity index (χ2v) is 2.29. The van der Waals surface area contributed by atoms with E-state index in [-0.39, 0.29) is 18.4 Å². The monoisotopic (exact) mass is 181 g/mol. The molecule has 6 heteroatoms. The highest BCUT2D eigenvalue weighted by atomic mass is 16.2. The zero-order chi connectivity index (χ0) is 9.52. The maximum atomic E-state index is 11.1. The number of hydrogen-bond donors (Lipinski definition) is 2. The van der Waals surface area contributed by atoms with E-state index in [2.05, 4.69) is 25.8 Å². The van der Waals surface area contributed by atoms with E-state index in [1.54, 1.807) is 0 Å². The number of hydrogen-bond acceptors (Lipinski definition) is 5. The Kier molecular flexibility index (Phi) is 3.77. The molecule has 13 heavy (non-hydrogen) atoms. The fraction of sp³-hybridized carbons (Fsp3) is 0.429. The van der Waals surface area contributed by atoms with Gasteiger partial charge in [-0.2, -0.15) is 5.10 Å². The van der Waals surface area contributed by atoms with Crippen LogP contribution in [0.15, 0.2) is 12.4 Å². The molecule has 2 N–H and O–H groups in total. The zero-order valence-electron chi connectivity index (χ0n) is 7.32. The van der Waals surface area contributed by atoms with Crippen molar-refractivity contribution >= 4 is 11.9 Å². The zero-order valence-corrected chi connectivity index (χ0v) is 7.32. The Morgan fingerprint density at radius 1 is 1.54 bits per heavy atom. The van der Waals surface area contributed by atoms with Gasteiger partial charge >= 0.3 is 0 Å². The normalized spacial score (nSPS) is 9.62. The molecular weight excluding hydrogens is 170 g/mol. The number of carbonyl (C=O) groups is 1. The Morgan fingerprint density at radius 2 is 2.38 bits per heavy atom. The van der Waals surface area contributed by atoms with Gasteiger partial charge in [0.2, 0.25) is 11.9 Å². The van der Waals surface area contributed by atoms with Gasteiger partial charge in [0, 0.05) is 0 Å². The number of carbonyl (C=O) groups excluding carboxylic acids is 1. The third-order valence-electron chi connectivity index (χ3n) is 1.27. The summed E-state index contributed by atoms with van der Waals surface area (Å²) in [6.45, 7) is 2.93. The van der Waals surface area contributed by atoms with E-state index in [1.165, 1.54) is 12.4 Å². The molecule has 0 spiro atoms. The highest BCUT2D eigenvalue weighted by Crippen LogP contribution is 1.89. The molecule has 0 saturated heterocycles. The molecule has 0 saturated carbocycles. The third kappa shape index (κ3) is 3.57. The van der Waals surface area contributed by atoms with Crippen LogP contribution < -0.4 is 10.6 Å². The second kappa shape index (κ2) is 5.15. The maximum absolute atomic E-state index is 11.1. The van der Waals surface area contributed by atoms with Crippen molar-refractivity contribution in [3.63, 3.8) is 0 Å². The molecule has 0 fully saturated rings. The predicted octanol–water partition coefficient (Wildman–Crippen LogP) is -0.580. The first-order valence-corrected chi connectivity index (χ1v) is 3.97. The SMILES string of the molecule is CCNCC(=O)Nc1nccnn1. The highest BCUT2D eigenvalue weighted by Gasteiger charge is 2.01. The average Bonchev–Trinajstić information content (AvgIpc) is 2.16. The standard InChI is InChI=1S/C7H11N5O/c1-2-8-5-6(13)11-7-9-3-4-10-12-7/h3-4,8H,2,5H2,1H3,(H,9,11,12,13). The third-order valence-corrected chi connectivity index (χ3v) is 1.27. The smallest absolute Gasteiger partial charge is 0.249 e. The van der Waals surface area contributed by atoms with Crippen molar-refractivity contribution in [3.05, 3.63) is 12.4 Å². The summed E-state index contributed by atoms with van der Waals surface area (Å²) >= 11 is 0. The first-order chi connectivity index (χ1) is 6.33. The number of anilines is 1. The Hall–Kier alpha value is -1.56. The molecule has 1 aromatic rings. The largest absolute Gasteiger partial charge is 0.309 e. The van der Waals surface area contributed by atoms with Crippen LogP contribution in [-0.2, 0) is 4.79 Å². The first-order valence-electron chi connectivity index (χ1n) is 3.97. The van der Waals surface area contributed by atoms with E-state index < -0.39 is 0 Å². The minimum atomic E-state index is -0.171. The van der Waals surface area contributed by atoms with Crippen LogP contribution in [0, 0.1) is 0 Å². The van der Waals surface area contributed by atoms with Crippen LogP contribution in [-0.4, -0.2) is 34.2 Å². The summed E-state index contributed by atoms with van der Waals surface area (Å²) in [5, 5.41) is 12.5. The summed E-state index contributed by atoms with van der Waals surface area (Å²) in [4.78, 5) is 14.9. The van der Waals surface area contributed by atoms with Gasteiger partial charge < -0.3 is 5.32 Å². The Labute approximate surface area is 75.8 Å². The van der Waals surface area contributed by atoms with Gasteiger partial charge in [-0.05, 0) is 6.54 Å². The average molecular weight is 181 g/mol. The molecule has 1 heterocycles. The van der Waals surface area contributed by atoms with Gasteiger partial charge in [0.1, 0.15) is 0 Å². The molecule has 0 radical (unpaired) electrons. The van der Waals surface area contributed by atoms with Gasteiger partial charge in [0.25, 0.3) is 0 Å². The van der Waals surface area contributed by atoms with Gasteiger partial charge in [-0.15, -0.1) is 5.10 Å². The lowest BCUT2D eigenvalue weighted by Crippen LogP contribution is -2.28. The Balaban J connectivity index is 2.37. The van der Waals surface area contributed by atoms with E-state index in [4.69, 9.17) is 0 Å². The van der Waals surface area contributed by atoms with Gasteiger partial charge in [0.05, 0.1) is 18.9 Å². The minimum Gasteiger partial charge on any atom is -0.309 e. The number of aromatic nitrogens is 3. The van der Waals surface area contributed by atoms with Gasteiger partial charge in [0.15, 0.2) is 0 Å². The van der Waals surface area contributed by atoms with Gasteiger partial charge in [-0.25, -0.2) is 4.98 Å². The van der Waals surface area contributed by atoms with Crippen LogP contribution in [0.3, 0.4) is 0 Å². The summed E-state index contributed by atoms with van der Waals surface area (Å²) in [5.41, 5.74) is 0. The van der Waals surface area contributed by atoms with Crippen molar-refractivity contribution in [2.75, 3.05) is 18.4 Å². The van der Waals surface area contributed by atoms with E-state index in [0.29, 0.717) is 0 Å². The van der Waals surface area contributed by atoms with E-state index in [0.717, 1.165) is 6.54 Å². The highest BCUT2D eigenvalue weighted by molar-refractivity contribution is 5.90. The lowest BCUT2D eigenvalue weighted by atomic mass is 10.5. The summed E-state index contributed by atoms with van der Waals surface area (Å²) in [6, 6.07) is 0. The fourth-order valence-electron chi connectivity index (χ4n) is 0.712. The number of rotatable bonds is 4. The Morgan fingerprint density at radius 3 is 3.00 bits per heavy atom. The fourth-order valence-corrected chi connectivity index (χ4v) is 0.712. The molecule has 0 aromatic carbocycles. The van der Waals surface area contributed by atoms with Crippen molar-refractivity contribution in [1.29, 1.82) is 0 Å². The van der Waals surface area contributed by atoms with Crippen LogP contribution in [0.25, 0.3) is 0 Å². The molecule has 0 aliphatic rings. The summed E-state index contributed by atoms with van der Waals surface area (Å²) in [7, 11) is 0. The van der Waals surface area contributed by atoms with E-state index in [1.807, 2.05) is 6.92 Å². The molecule has 0 atom stereocenters. The summed E-state index contributed by atoms with van der Waals surface area (Å²) in [5.74, 6) is 0.0558. The van der Waals surface area contributed by atoms with Crippen molar-refractivity contribution in [2.45, 2.75) is 6.92 Å². The van der Waals surface area contributed by atoms with Crippen molar-refractivity contribution < 1.29 is 4.79 Å². The lowest BCUT2D eigenvalue weighted by molar-refractivity contribution is -0.115. The predicted molar refractivity (Wildman–Crippen MR) is 47.0 cm³/mol. The van der Waals surface area contributed by atoms with Crippen LogP contribution in [0.1, 0.15) is 6.92 Å². The summed E-state index contributed by atoms with van der Waals surface area (Å²) in [6.07, 6.45) is 2.91.